The minimum atomic E-state index is 0. The second-order valence-electron chi connectivity index (χ2n) is 5.63. The summed E-state index contributed by atoms with van der Waals surface area (Å²) in [5.74, 6) is 1.50. The van der Waals surface area contributed by atoms with Crippen molar-refractivity contribution < 1.29 is 4.74 Å². The molecule has 0 saturated carbocycles. The normalized spacial score (nSPS) is 11.2. The molecule has 0 heterocycles. The van der Waals surface area contributed by atoms with Gasteiger partial charge in [-0.3, -0.25) is 4.99 Å². The van der Waals surface area contributed by atoms with E-state index in [0.29, 0.717) is 12.5 Å². The van der Waals surface area contributed by atoms with Crippen LogP contribution in [0.15, 0.2) is 29.3 Å². The zero-order valence-corrected chi connectivity index (χ0v) is 16.5. The van der Waals surface area contributed by atoms with Crippen LogP contribution in [0.3, 0.4) is 0 Å². The first kappa shape index (κ1) is 21.2. The Balaban J connectivity index is 0.00000441. The quantitative estimate of drug-likeness (QED) is 0.294. The second-order valence-corrected chi connectivity index (χ2v) is 5.63. The van der Waals surface area contributed by atoms with Gasteiger partial charge in [-0.25, -0.2) is 0 Å². The average Bonchev–Trinajstić information content (AvgIpc) is 2.47. The summed E-state index contributed by atoms with van der Waals surface area (Å²) in [7, 11) is 1.78. The maximum absolute atomic E-state index is 5.57. The number of aliphatic imine (C=N–C) groups is 1. The fourth-order valence-electron chi connectivity index (χ4n) is 1.78. The lowest BCUT2D eigenvalue weighted by atomic mass is 10.1. The van der Waals surface area contributed by atoms with Gasteiger partial charge >= 0.3 is 0 Å². The Hall–Kier alpha value is -0.820. The lowest BCUT2D eigenvalue weighted by Crippen LogP contribution is -2.38. The van der Waals surface area contributed by atoms with Crippen molar-refractivity contribution in [3.05, 3.63) is 35.4 Å². The standard InChI is InChI=1S/C17H29N3O.HI/c1-14(2)9-11-21-12-10-19-17(18-4)20-13-16-7-5-15(3)6-8-16;/h5-8,14H,9-13H2,1-4H3,(H2,18,19,20);1H. The third-order valence-electron chi connectivity index (χ3n) is 3.18. The number of benzene rings is 1. The first-order chi connectivity index (χ1) is 10.1. The van der Waals surface area contributed by atoms with Gasteiger partial charge in [-0.05, 0) is 24.8 Å². The Bertz CT molecular complexity index is 418. The van der Waals surface area contributed by atoms with Crippen molar-refractivity contribution in [3.63, 3.8) is 0 Å². The Morgan fingerprint density at radius 3 is 2.41 bits per heavy atom. The number of rotatable bonds is 8. The van der Waals surface area contributed by atoms with Crippen LogP contribution in [0, 0.1) is 12.8 Å². The van der Waals surface area contributed by atoms with Gasteiger partial charge in [0.05, 0.1) is 6.61 Å². The molecule has 0 unspecified atom stereocenters. The fourth-order valence-corrected chi connectivity index (χ4v) is 1.78. The summed E-state index contributed by atoms with van der Waals surface area (Å²) in [5, 5.41) is 6.55. The predicted molar refractivity (Wildman–Crippen MR) is 105 cm³/mol. The zero-order chi connectivity index (χ0) is 15.5. The minimum absolute atomic E-state index is 0. The number of halogens is 1. The monoisotopic (exact) mass is 419 g/mol. The van der Waals surface area contributed by atoms with Gasteiger partial charge in [0.25, 0.3) is 0 Å². The number of aryl methyl sites for hydroxylation is 1. The topological polar surface area (TPSA) is 45.7 Å². The highest BCUT2D eigenvalue weighted by Gasteiger charge is 1.98. The van der Waals surface area contributed by atoms with Crippen LogP contribution in [0.2, 0.25) is 0 Å². The molecular formula is C17H30IN3O. The summed E-state index contributed by atoms with van der Waals surface area (Å²) in [6.45, 7) is 9.58. The van der Waals surface area contributed by atoms with Gasteiger partial charge in [0.15, 0.2) is 5.96 Å². The van der Waals surface area contributed by atoms with E-state index in [1.54, 1.807) is 7.05 Å². The molecule has 0 aliphatic heterocycles. The van der Waals surface area contributed by atoms with E-state index in [0.717, 1.165) is 32.1 Å². The van der Waals surface area contributed by atoms with E-state index in [1.807, 2.05) is 0 Å². The number of nitrogens with zero attached hydrogens (tertiary/aromatic N) is 1. The highest BCUT2D eigenvalue weighted by Crippen LogP contribution is 2.02. The van der Waals surface area contributed by atoms with Gasteiger partial charge in [0.2, 0.25) is 0 Å². The van der Waals surface area contributed by atoms with Crippen LogP contribution in [-0.2, 0) is 11.3 Å². The second kappa shape index (κ2) is 12.7. The molecule has 22 heavy (non-hydrogen) atoms. The van der Waals surface area contributed by atoms with Crippen LogP contribution in [0.4, 0.5) is 0 Å². The summed E-state index contributed by atoms with van der Waals surface area (Å²) >= 11 is 0. The van der Waals surface area contributed by atoms with E-state index in [9.17, 15) is 0 Å². The summed E-state index contributed by atoms with van der Waals surface area (Å²) < 4.78 is 5.57. The van der Waals surface area contributed by atoms with Crippen LogP contribution in [0.5, 0.6) is 0 Å². The number of hydrogen-bond donors (Lipinski definition) is 2. The molecule has 0 aliphatic carbocycles. The first-order valence-corrected chi connectivity index (χ1v) is 7.69. The van der Waals surface area contributed by atoms with Crippen molar-refractivity contribution in [2.75, 3.05) is 26.8 Å². The van der Waals surface area contributed by atoms with Gasteiger partial charge in [0.1, 0.15) is 0 Å². The van der Waals surface area contributed by atoms with Crippen molar-refractivity contribution in [2.24, 2.45) is 10.9 Å². The Morgan fingerprint density at radius 1 is 1.14 bits per heavy atom. The molecule has 1 aromatic carbocycles. The van der Waals surface area contributed by atoms with Crippen LogP contribution < -0.4 is 10.6 Å². The lowest BCUT2D eigenvalue weighted by Gasteiger charge is -2.12. The molecule has 0 aromatic heterocycles. The highest BCUT2D eigenvalue weighted by molar-refractivity contribution is 14.0. The van der Waals surface area contributed by atoms with Gasteiger partial charge in [-0.2, -0.15) is 0 Å². The van der Waals surface area contributed by atoms with E-state index in [4.69, 9.17) is 4.74 Å². The molecule has 0 bridgehead atoms. The van der Waals surface area contributed by atoms with Crippen molar-refractivity contribution >= 4 is 29.9 Å². The molecule has 0 radical (unpaired) electrons. The van der Waals surface area contributed by atoms with E-state index >= 15 is 0 Å². The first-order valence-electron chi connectivity index (χ1n) is 7.69. The molecule has 0 saturated heterocycles. The fraction of sp³-hybridized carbons (Fsp3) is 0.588. The number of nitrogens with one attached hydrogen (secondary N) is 2. The smallest absolute Gasteiger partial charge is 0.191 e. The summed E-state index contributed by atoms with van der Waals surface area (Å²) in [4.78, 5) is 4.21. The van der Waals surface area contributed by atoms with Crippen molar-refractivity contribution in [3.8, 4) is 0 Å². The number of ether oxygens (including phenoxy) is 1. The Morgan fingerprint density at radius 2 is 1.82 bits per heavy atom. The third-order valence-corrected chi connectivity index (χ3v) is 3.18. The zero-order valence-electron chi connectivity index (χ0n) is 14.2. The van der Waals surface area contributed by atoms with Crippen LogP contribution >= 0.6 is 24.0 Å². The van der Waals surface area contributed by atoms with E-state index in [2.05, 4.69) is 60.7 Å². The third kappa shape index (κ3) is 10.00. The average molecular weight is 419 g/mol. The van der Waals surface area contributed by atoms with Crippen LogP contribution in [0.1, 0.15) is 31.4 Å². The largest absolute Gasteiger partial charge is 0.380 e. The molecule has 2 N–H and O–H groups in total. The van der Waals surface area contributed by atoms with E-state index in [-0.39, 0.29) is 24.0 Å². The summed E-state index contributed by atoms with van der Waals surface area (Å²) in [6, 6.07) is 8.50. The molecule has 0 amide bonds. The van der Waals surface area contributed by atoms with Gasteiger partial charge in [-0.15, -0.1) is 24.0 Å². The minimum Gasteiger partial charge on any atom is -0.380 e. The maximum atomic E-state index is 5.57. The Labute approximate surface area is 152 Å². The number of hydrogen-bond acceptors (Lipinski definition) is 2. The molecule has 4 nitrogen and oxygen atoms in total. The molecule has 0 aliphatic rings. The predicted octanol–water partition coefficient (Wildman–Crippen LogP) is 3.34. The Kier molecular flexibility index (Phi) is 12.2. The van der Waals surface area contributed by atoms with Gasteiger partial charge in [0, 0.05) is 26.7 Å². The van der Waals surface area contributed by atoms with Crippen molar-refractivity contribution in [1.82, 2.24) is 10.6 Å². The van der Waals surface area contributed by atoms with Crippen LogP contribution in [-0.4, -0.2) is 32.8 Å². The van der Waals surface area contributed by atoms with E-state index in [1.165, 1.54) is 11.1 Å². The summed E-state index contributed by atoms with van der Waals surface area (Å²) in [6.07, 6.45) is 1.11. The van der Waals surface area contributed by atoms with Crippen LogP contribution in [0.25, 0.3) is 0 Å². The molecular weight excluding hydrogens is 389 g/mol. The molecule has 126 valence electrons. The van der Waals surface area contributed by atoms with Gasteiger partial charge < -0.3 is 15.4 Å². The molecule has 1 rings (SSSR count). The lowest BCUT2D eigenvalue weighted by molar-refractivity contribution is 0.128. The molecule has 1 aromatic rings. The molecule has 0 fully saturated rings. The molecule has 5 heteroatoms. The highest BCUT2D eigenvalue weighted by atomic mass is 127. The SMILES string of the molecule is CN=C(NCCOCCC(C)C)NCc1ccc(C)cc1.I. The van der Waals surface area contributed by atoms with Gasteiger partial charge in [-0.1, -0.05) is 43.7 Å². The number of guanidine groups is 1. The molecule has 0 spiro atoms. The van der Waals surface area contributed by atoms with E-state index < -0.39 is 0 Å². The summed E-state index contributed by atoms with van der Waals surface area (Å²) in [5.41, 5.74) is 2.52. The molecule has 0 atom stereocenters. The van der Waals surface area contributed by atoms with Crippen molar-refractivity contribution in [1.29, 1.82) is 0 Å². The van der Waals surface area contributed by atoms with Crippen molar-refractivity contribution in [2.45, 2.75) is 33.7 Å². The maximum Gasteiger partial charge on any atom is 0.191 e.